The Labute approximate surface area is 135 Å². The van der Waals surface area contributed by atoms with E-state index in [2.05, 4.69) is 5.32 Å². The van der Waals surface area contributed by atoms with E-state index in [0.29, 0.717) is 5.75 Å². The van der Waals surface area contributed by atoms with Gasteiger partial charge in [-0.3, -0.25) is 4.79 Å². The molecule has 0 heterocycles. The first-order valence-corrected chi connectivity index (χ1v) is 8.40. The zero-order valence-corrected chi connectivity index (χ0v) is 13.5. The monoisotopic (exact) mass is 315 g/mol. The summed E-state index contributed by atoms with van der Waals surface area (Å²) >= 11 is 1.57. The molecule has 0 aliphatic rings. The lowest BCUT2D eigenvalue weighted by atomic mass is 9.96. The lowest BCUT2D eigenvalue weighted by Gasteiger charge is -2.24. The van der Waals surface area contributed by atoms with Gasteiger partial charge in [-0.15, -0.1) is 11.8 Å². The summed E-state index contributed by atoms with van der Waals surface area (Å²) in [5.41, 5.74) is 0.949. The maximum Gasteiger partial charge on any atom is 0.230 e. The van der Waals surface area contributed by atoms with Crippen LogP contribution in [0, 0.1) is 0 Å². The lowest BCUT2D eigenvalue weighted by molar-refractivity contribution is -0.119. The van der Waals surface area contributed by atoms with E-state index >= 15 is 0 Å². The van der Waals surface area contributed by atoms with Crippen LogP contribution in [-0.4, -0.2) is 23.3 Å². The molecule has 0 fully saturated rings. The molecule has 0 radical (unpaired) electrons. The Bertz CT molecular complexity index is 585. The Kier molecular flexibility index (Phi) is 6.04. The molecule has 2 rings (SSSR count). The van der Waals surface area contributed by atoms with Gasteiger partial charge in [-0.25, -0.2) is 0 Å². The lowest BCUT2D eigenvalue weighted by Crippen LogP contribution is -2.39. The summed E-state index contributed by atoms with van der Waals surface area (Å²) in [6.45, 7) is 1.92. The zero-order valence-electron chi connectivity index (χ0n) is 12.7. The number of benzene rings is 2. The number of aliphatic hydroxyl groups is 1. The standard InChI is InChI=1S/C18H21NO2S/c1-18(21,16-10-6-3-7-11-16)14-19-17(20)13-22-12-15-8-4-2-5-9-15/h2-11,21H,12-14H2,1H3,(H,19,20). The van der Waals surface area contributed by atoms with E-state index in [-0.39, 0.29) is 12.5 Å². The number of thioether (sulfide) groups is 1. The Morgan fingerprint density at radius 3 is 2.32 bits per heavy atom. The highest BCUT2D eigenvalue weighted by atomic mass is 32.2. The van der Waals surface area contributed by atoms with Crippen LogP contribution in [0.5, 0.6) is 0 Å². The molecule has 2 aromatic rings. The average molecular weight is 315 g/mol. The van der Waals surface area contributed by atoms with Crippen LogP contribution >= 0.6 is 11.8 Å². The van der Waals surface area contributed by atoms with Crippen molar-refractivity contribution in [2.45, 2.75) is 18.3 Å². The van der Waals surface area contributed by atoms with Crippen LogP contribution in [0.4, 0.5) is 0 Å². The first-order valence-electron chi connectivity index (χ1n) is 7.24. The van der Waals surface area contributed by atoms with E-state index in [9.17, 15) is 9.90 Å². The predicted molar refractivity (Wildman–Crippen MR) is 91.6 cm³/mol. The second-order valence-corrected chi connectivity index (χ2v) is 6.38. The first-order chi connectivity index (χ1) is 10.6. The fraction of sp³-hybridized carbons (Fsp3) is 0.278. The predicted octanol–water partition coefficient (Wildman–Crippen LogP) is 2.94. The smallest absolute Gasteiger partial charge is 0.230 e. The Morgan fingerprint density at radius 2 is 1.68 bits per heavy atom. The summed E-state index contributed by atoms with van der Waals surface area (Å²) in [5.74, 6) is 1.14. The van der Waals surface area contributed by atoms with E-state index < -0.39 is 5.60 Å². The third-order valence-electron chi connectivity index (χ3n) is 3.37. The van der Waals surface area contributed by atoms with Gasteiger partial charge in [0.1, 0.15) is 5.60 Å². The van der Waals surface area contributed by atoms with Gasteiger partial charge in [0.25, 0.3) is 0 Å². The molecule has 2 N–H and O–H groups in total. The minimum Gasteiger partial charge on any atom is -0.384 e. The first kappa shape index (κ1) is 16.6. The van der Waals surface area contributed by atoms with Gasteiger partial charge < -0.3 is 10.4 Å². The number of hydrogen-bond donors (Lipinski definition) is 2. The highest BCUT2D eigenvalue weighted by Gasteiger charge is 2.23. The summed E-state index contributed by atoms with van der Waals surface area (Å²) in [5, 5.41) is 13.2. The fourth-order valence-electron chi connectivity index (χ4n) is 2.06. The van der Waals surface area contributed by atoms with E-state index in [0.717, 1.165) is 11.3 Å². The zero-order chi connectivity index (χ0) is 15.8. The van der Waals surface area contributed by atoms with Gasteiger partial charge in [-0.1, -0.05) is 60.7 Å². The van der Waals surface area contributed by atoms with Crippen LogP contribution in [0.3, 0.4) is 0 Å². The molecule has 116 valence electrons. The second-order valence-electron chi connectivity index (χ2n) is 5.40. The summed E-state index contributed by atoms with van der Waals surface area (Å²) in [7, 11) is 0. The molecule has 0 saturated carbocycles. The second kappa shape index (κ2) is 8.01. The Morgan fingerprint density at radius 1 is 1.09 bits per heavy atom. The van der Waals surface area contributed by atoms with Crippen molar-refractivity contribution in [3.8, 4) is 0 Å². The molecule has 1 amide bonds. The molecule has 1 atom stereocenters. The third-order valence-corrected chi connectivity index (χ3v) is 4.37. The van der Waals surface area contributed by atoms with Crippen LogP contribution in [0.2, 0.25) is 0 Å². The highest BCUT2D eigenvalue weighted by Crippen LogP contribution is 2.19. The van der Waals surface area contributed by atoms with Crippen LogP contribution in [-0.2, 0) is 16.1 Å². The number of nitrogens with one attached hydrogen (secondary N) is 1. The number of amides is 1. The van der Waals surface area contributed by atoms with Crippen molar-refractivity contribution in [1.82, 2.24) is 5.32 Å². The minimum absolute atomic E-state index is 0.0582. The topological polar surface area (TPSA) is 49.3 Å². The molecule has 0 aliphatic carbocycles. The maximum absolute atomic E-state index is 11.9. The van der Waals surface area contributed by atoms with Gasteiger partial charge in [-0.05, 0) is 18.1 Å². The summed E-state index contributed by atoms with van der Waals surface area (Å²) in [4.78, 5) is 11.9. The fourth-order valence-corrected chi connectivity index (χ4v) is 2.87. The summed E-state index contributed by atoms with van der Waals surface area (Å²) < 4.78 is 0. The number of carbonyl (C=O) groups excluding carboxylic acids is 1. The number of rotatable bonds is 7. The van der Waals surface area contributed by atoms with Gasteiger partial charge in [0.15, 0.2) is 0 Å². The molecule has 3 nitrogen and oxygen atoms in total. The van der Waals surface area contributed by atoms with E-state index in [1.807, 2.05) is 60.7 Å². The molecule has 0 aromatic heterocycles. The third kappa shape index (κ3) is 5.20. The van der Waals surface area contributed by atoms with Crippen molar-refractivity contribution in [3.05, 3.63) is 71.8 Å². The van der Waals surface area contributed by atoms with Gasteiger partial charge in [0.2, 0.25) is 5.91 Å². The summed E-state index contributed by atoms with van der Waals surface area (Å²) in [6, 6.07) is 19.4. The van der Waals surface area contributed by atoms with Gasteiger partial charge in [0, 0.05) is 5.75 Å². The molecule has 0 saturated heterocycles. The largest absolute Gasteiger partial charge is 0.384 e. The molecule has 0 aliphatic heterocycles. The summed E-state index contributed by atoms with van der Waals surface area (Å²) in [6.07, 6.45) is 0. The van der Waals surface area contributed by atoms with E-state index in [1.165, 1.54) is 5.56 Å². The number of hydrogen-bond acceptors (Lipinski definition) is 3. The minimum atomic E-state index is -1.05. The van der Waals surface area contributed by atoms with Gasteiger partial charge in [-0.2, -0.15) is 0 Å². The van der Waals surface area contributed by atoms with E-state index in [4.69, 9.17) is 0 Å². The molecule has 1 unspecified atom stereocenters. The number of carbonyl (C=O) groups is 1. The SMILES string of the molecule is CC(O)(CNC(=O)CSCc1ccccc1)c1ccccc1. The van der Waals surface area contributed by atoms with Crippen molar-refractivity contribution in [1.29, 1.82) is 0 Å². The van der Waals surface area contributed by atoms with Gasteiger partial charge >= 0.3 is 0 Å². The van der Waals surface area contributed by atoms with Crippen molar-refractivity contribution in [2.75, 3.05) is 12.3 Å². The molecule has 2 aromatic carbocycles. The van der Waals surface area contributed by atoms with Crippen molar-refractivity contribution in [2.24, 2.45) is 0 Å². The Balaban J connectivity index is 1.73. The van der Waals surface area contributed by atoms with Crippen LogP contribution in [0.25, 0.3) is 0 Å². The normalized spacial score (nSPS) is 13.4. The van der Waals surface area contributed by atoms with Crippen LogP contribution < -0.4 is 5.32 Å². The van der Waals surface area contributed by atoms with Crippen molar-refractivity contribution in [3.63, 3.8) is 0 Å². The average Bonchev–Trinajstić information content (AvgIpc) is 2.55. The van der Waals surface area contributed by atoms with Crippen molar-refractivity contribution >= 4 is 17.7 Å². The molecule has 0 spiro atoms. The van der Waals surface area contributed by atoms with E-state index in [1.54, 1.807) is 18.7 Å². The van der Waals surface area contributed by atoms with Gasteiger partial charge in [0.05, 0.1) is 12.3 Å². The molecular formula is C18H21NO2S. The van der Waals surface area contributed by atoms with Crippen LogP contribution in [0.15, 0.2) is 60.7 Å². The molecule has 4 heteroatoms. The quantitative estimate of drug-likeness (QED) is 0.826. The maximum atomic E-state index is 11.9. The molecular weight excluding hydrogens is 294 g/mol. The van der Waals surface area contributed by atoms with Crippen molar-refractivity contribution < 1.29 is 9.90 Å². The molecule has 22 heavy (non-hydrogen) atoms. The molecule has 0 bridgehead atoms. The highest BCUT2D eigenvalue weighted by molar-refractivity contribution is 7.99. The Hall–Kier alpha value is -1.78. The van der Waals surface area contributed by atoms with Crippen LogP contribution in [0.1, 0.15) is 18.1 Å².